The maximum atomic E-state index is 5.79. The summed E-state index contributed by atoms with van der Waals surface area (Å²) >= 11 is 2.42. The minimum atomic E-state index is 0.741. The second kappa shape index (κ2) is 8.12. The van der Waals surface area contributed by atoms with Gasteiger partial charge in [-0.3, -0.25) is 10.3 Å². The first kappa shape index (κ1) is 16.7. The monoisotopic (exact) mass is 356 g/mol. The smallest absolute Gasteiger partial charge is 0.127 e. The van der Waals surface area contributed by atoms with Crippen molar-refractivity contribution in [1.29, 1.82) is 0 Å². The number of hydrogen-bond acceptors (Lipinski definition) is 6. The maximum Gasteiger partial charge on any atom is 0.127 e. The van der Waals surface area contributed by atoms with E-state index in [4.69, 9.17) is 19.8 Å². The third-order valence-electron chi connectivity index (χ3n) is 3.21. The predicted molar refractivity (Wildman–Crippen MR) is 99.6 cm³/mol. The molecular weight excluding hydrogens is 340 g/mol. The Bertz CT molecular complexity index is 707. The molecule has 3 rings (SSSR count). The molecule has 0 aromatic heterocycles. The standard InChI is InChI=1S/C18H16N2O2S2/c19-23-17-9-5-15(6-10-17)21-13-1-2-14(4-3-13)22-16-7-11-18(24-20)12-8-16/h1-12H,19-20H2. The second-order valence-corrected chi connectivity index (χ2v) is 6.27. The number of nitrogens with two attached hydrogens (primary N) is 2. The van der Waals surface area contributed by atoms with Crippen molar-refractivity contribution in [1.82, 2.24) is 0 Å². The molecule has 0 aliphatic heterocycles. The molecule has 0 saturated heterocycles. The lowest BCUT2D eigenvalue weighted by Gasteiger charge is -2.09. The van der Waals surface area contributed by atoms with Crippen LogP contribution in [0.15, 0.2) is 82.6 Å². The average Bonchev–Trinajstić information content (AvgIpc) is 2.65. The second-order valence-electron chi connectivity index (χ2n) is 4.85. The Morgan fingerprint density at radius 3 is 0.958 bits per heavy atom. The van der Waals surface area contributed by atoms with Crippen molar-refractivity contribution < 1.29 is 9.47 Å². The van der Waals surface area contributed by atoms with Crippen molar-refractivity contribution in [2.24, 2.45) is 10.3 Å². The molecule has 4 nitrogen and oxygen atoms in total. The van der Waals surface area contributed by atoms with E-state index in [1.807, 2.05) is 72.8 Å². The van der Waals surface area contributed by atoms with E-state index in [0.717, 1.165) is 32.8 Å². The minimum Gasteiger partial charge on any atom is -0.457 e. The van der Waals surface area contributed by atoms with Crippen LogP contribution in [0, 0.1) is 0 Å². The third-order valence-corrected chi connectivity index (χ3v) is 4.30. The molecule has 0 fully saturated rings. The highest BCUT2D eigenvalue weighted by molar-refractivity contribution is 7.97. The van der Waals surface area contributed by atoms with E-state index in [2.05, 4.69) is 0 Å². The number of ether oxygens (including phenoxy) is 2. The predicted octanol–water partition coefficient (Wildman–Crippen LogP) is 5.20. The van der Waals surface area contributed by atoms with Gasteiger partial charge in [0.2, 0.25) is 0 Å². The molecule has 3 aromatic carbocycles. The van der Waals surface area contributed by atoms with Gasteiger partial charge in [0.25, 0.3) is 0 Å². The summed E-state index contributed by atoms with van der Waals surface area (Å²) in [5, 5.41) is 11.0. The molecule has 0 unspecified atom stereocenters. The molecule has 0 aliphatic carbocycles. The summed E-state index contributed by atoms with van der Waals surface area (Å²) in [6.07, 6.45) is 0. The molecule has 0 spiro atoms. The van der Waals surface area contributed by atoms with Gasteiger partial charge in [-0.15, -0.1) is 0 Å². The van der Waals surface area contributed by atoms with Gasteiger partial charge in [-0.05, 0) is 96.7 Å². The SMILES string of the molecule is NSc1ccc(Oc2ccc(Oc3ccc(SN)cc3)cc2)cc1. The summed E-state index contributed by atoms with van der Waals surface area (Å²) in [7, 11) is 0. The topological polar surface area (TPSA) is 70.5 Å². The zero-order valence-corrected chi connectivity index (χ0v) is 14.3. The van der Waals surface area contributed by atoms with E-state index in [0.29, 0.717) is 0 Å². The normalized spacial score (nSPS) is 10.4. The average molecular weight is 356 g/mol. The van der Waals surface area contributed by atoms with Crippen molar-refractivity contribution in [2.45, 2.75) is 9.79 Å². The molecular formula is C18H16N2O2S2. The summed E-state index contributed by atoms with van der Waals surface area (Å²) in [5.41, 5.74) is 0. The lowest BCUT2D eigenvalue weighted by molar-refractivity contribution is 0.469. The Kier molecular flexibility index (Phi) is 5.66. The van der Waals surface area contributed by atoms with Gasteiger partial charge < -0.3 is 9.47 Å². The Morgan fingerprint density at radius 2 is 0.708 bits per heavy atom. The summed E-state index contributed by atoms with van der Waals surface area (Å²) in [4.78, 5) is 1.98. The fraction of sp³-hybridized carbons (Fsp3) is 0. The van der Waals surface area contributed by atoms with Gasteiger partial charge in [0.1, 0.15) is 23.0 Å². The van der Waals surface area contributed by atoms with Crippen molar-refractivity contribution in [3.05, 3.63) is 72.8 Å². The van der Waals surface area contributed by atoms with Crippen molar-refractivity contribution in [3.63, 3.8) is 0 Å². The quantitative estimate of drug-likeness (QED) is 0.591. The fourth-order valence-electron chi connectivity index (χ4n) is 2.02. The molecule has 0 bridgehead atoms. The highest BCUT2D eigenvalue weighted by Crippen LogP contribution is 2.28. The van der Waals surface area contributed by atoms with Gasteiger partial charge in [0.05, 0.1) is 0 Å². The summed E-state index contributed by atoms with van der Waals surface area (Å²) in [6.45, 7) is 0. The van der Waals surface area contributed by atoms with Gasteiger partial charge in [-0.2, -0.15) is 0 Å². The molecule has 0 radical (unpaired) electrons. The van der Waals surface area contributed by atoms with Crippen LogP contribution in [0.3, 0.4) is 0 Å². The Hall–Kier alpha value is -2.12. The van der Waals surface area contributed by atoms with E-state index in [-0.39, 0.29) is 0 Å². The first-order valence-electron chi connectivity index (χ1n) is 7.16. The van der Waals surface area contributed by atoms with Gasteiger partial charge in [-0.25, -0.2) is 0 Å². The molecule has 4 N–H and O–H groups in total. The molecule has 24 heavy (non-hydrogen) atoms. The summed E-state index contributed by atoms with van der Waals surface area (Å²) in [6, 6.07) is 22.7. The van der Waals surface area contributed by atoms with Crippen LogP contribution in [0.2, 0.25) is 0 Å². The third kappa shape index (κ3) is 4.46. The first-order chi connectivity index (χ1) is 11.8. The lowest BCUT2D eigenvalue weighted by atomic mass is 10.3. The number of benzene rings is 3. The molecule has 0 saturated carbocycles. The van der Waals surface area contributed by atoms with E-state index >= 15 is 0 Å². The van der Waals surface area contributed by atoms with Crippen molar-refractivity contribution in [3.8, 4) is 23.0 Å². The molecule has 122 valence electrons. The van der Waals surface area contributed by atoms with E-state index in [1.165, 1.54) is 23.9 Å². The Balaban J connectivity index is 1.63. The van der Waals surface area contributed by atoms with Crippen LogP contribution in [0.4, 0.5) is 0 Å². The van der Waals surface area contributed by atoms with Crippen LogP contribution in [-0.4, -0.2) is 0 Å². The van der Waals surface area contributed by atoms with Gasteiger partial charge in [0, 0.05) is 9.79 Å². The number of rotatable bonds is 6. The highest BCUT2D eigenvalue weighted by atomic mass is 32.2. The van der Waals surface area contributed by atoms with Crippen LogP contribution < -0.4 is 19.8 Å². The number of hydrogen-bond donors (Lipinski definition) is 2. The lowest BCUT2D eigenvalue weighted by Crippen LogP contribution is -1.87. The molecule has 3 aromatic rings. The summed E-state index contributed by atoms with van der Waals surface area (Å²) < 4.78 is 11.6. The zero-order valence-electron chi connectivity index (χ0n) is 12.7. The van der Waals surface area contributed by atoms with Crippen LogP contribution >= 0.6 is 23.9 Å². The molecule has 0 heterocycles. The van der Waals surface area contributed by atoms with Crippen LogP contribution in [0.25, 0.3) is 0 Å². The fourth-order valence-corrected chi connectivity index (χ4v) is 2.61. The van der Waals surface area contributed by atoms with Gasteiger partial charge in [-0.1, -0.05) is 0 Å². The summed E-state index contributed by atoms with van der Waals surface area (Å²) in [5.74, 6) is 3.00. The highest BCUT2D eigenvalue weighted by Gasteiger charge is 2.01. The minimum absolute atomic E-state index is 0.741. The van der Waals surface area contributed by atoms with E-state index in [9.17, 15) is 0 Å². The molecule has 0 atom stereocenters. The van der Waals surface area contributed by atoms with E-state index in [1.54, 1.807) is 0 Å². The molecule has 0 aliphatic rings. The largest absolute Gasteiger partial charge is 0.457 e. The van der Waals surface area contributed by atoms with E-state index < -0.39 is 0 Å². The first-order valence-corrected chi connectivity index (χ1v) is 8.92. The van der Waals surface area contributed by atoms with Crippen molar-refractivity contribution >= 4 is 23.9 Å². The molecule has 0 amide bonds. The Morgan fingerprint density at radius 1 is 0.458 bits per heavy atom. The molecule has 6 heteroatoms. The van der Waals surface area contributed by atoms with Gasteiger partial charge >= 0.3 is 0 Å². The van der Waals surface area contributed by atoms with Crippen molar-refractivity contribution in [2.75, 3.05) is 0 Å². The van der Waals surface area contributed by atoms with Crippen LogP contribution in [-0.2, 0) is 0 Å². The zero-order chi connectivity index (χ0) is 16.8. The van der Waals surface area contributed by atoms with Crippen LogP contribution in [0.1, 0.15) is 0 Å². The van der Waals surface area contributed by atoms with Gasteiger partial charge in [0.15, 0.2) is 0 Å². The van der Waals surface area contributed by atoms with Crippen LogP contribution in [0.5, 0.6) is 23.0 Å². The maximum absolute atomic E-state index is 5.79. The Labute approximate surface area is 149 Å².